The van der Waals surface area contributed by atoms with Crippen molar-refractivity contribution in [1.82, 2.24) is 0 Å². The molecule has 0 spiro atoms. The van der Waals surface area contributed by atoms with E-state index in [-0.39, 0.29) is 0 Å². The molecule has 3 saturated carbocycles. The summed E-state index contributed by atoms with van der Waals surface area (Å²) < 4.78 is 0. The van der Waals surface area contributed by atoms with Crippen molar-refractivity contribution in [3.63, 3.8) is 0 Å². The zero-order valence-corrected chi connectivity index (χ0v) is 19.9. The van der Waals surface area contributed by atoms with E-state index in [9.17, 15) is 10.2 Å². The number of aliphatic hydroxyl groups is 2. The largest absolute Gasteiger partial charge is 0.393 e. The van der Waals surface area contributed by atoms with Gasteiger partial charge in [-0.2, -0.15) is 0 Å². The van der Waals surface area contributed by atoms with Crippen LogP contribution in [-0.4, -0.2) is 22.4 Å². The lowest BCUT2D eigenvalue weighted by Crippen LogP contribution is -2.35. The molecule has 0 radical (unpaired) electrons. The van der Waals surface area contributed by atoms with Crippen molar-refractivity contribution >= 4 is 0 Å². The Morgan fingerprint density at radius 1 is 1.07 bits per heavy atom. The molecule has 2 heteroatoms. The molecule has 3 fully saturated rings. The highest BCUT2D eigenvalue weighted by atomic mass is 16.3. The van der Waals surface area contributed by atoms with E-state index in [0.717, 1.165) is 17.1 Å². The van der Waals surface area contributed by atoms with Crippen LogP contribution < -0.4 is 0 Å². The zero-order chi connectivity index (χ0) is 22.1. The maximum atomic E-state index is 10.1. The van der Waals surface area contributed by atoms with Gasteiger partial charge in [0.15, 0.2) is 0 Å². The van der Waals surface area contributed by atoms with Crippen molar-refractivity contribution in [2.45, 2.75) is 91.8 Å². The van der Waals surface area contributed by atoms with Gasteiger partial charge in [-0.25, -0.2) is 0 Å². The van der Waals surface area contributed by atoms with Gasteiger partial charge in [0.1, 0.15) is 0 Å². The third-order valence-corrected chi connectivity index (χ3v) is 8.71. The van der Waals surface area contributed by atoms with Crippen LogP contribution >= 0.6 is 0 Å². The van der Waals surface area contributed by atoms with Crippen molar-refractivity contribution in [1.29, 1.82) is 0 Å². The summed E-state index contributed by atoms with van der Waals surface area (Å²) in [5.41, 5.74) is 3.77. The first-order valence-electron chi connectivity index (χ1n) is 12.3. The van der Waals surface area contributed by atoms with E-state index in [1.165, 1.54) is 32.1 Å². The molecule has 0 saturated heterocycles. The minimum Gasteiger partial charge on any atom is -0.393 e. The molecule has 0 aromatic rings. The number of aliphatic hydroxyl groups excluding tert-OH is 2. The standard InChI is InChI=1S/C28H44O2/c1-18(2)19(3)9-10-20(4)25-13-14-26-22(8-7-15-28(25,26)6)11-12-23-16-24(29)17-27(30)21(23)5/h9-12,18-20,24-27,29-30H,5,7-8,13-17H2,1-4,6H3/b10-9+,22-11?,23-12?/t19-,20+,24+,25+,26+,27-,28-/m0/s1. The second-order valence-corrected chi connectivity index (χ2v) is 11.0. The summed E-state index contributed by atoms with van der Waals surface area (Å²) in [5.74, 6) is 3.38. The van der Waals surface area contributed by atoms with Gasteiger partial charge in [-0.15, -0.1) is 0 Å². The fourth-order valence-corrected chi connectivity index (χ4v) is 6.32. The molecule has 0 amide bonds. The molecule has 0 aromatic carbocycles. The summed E-state index contributed by atoms with van der Waals surface area (Å²) >= 11 is 0. The van der Waals surface area contributed by atoms with Gasteiger partial charge in [-0.1, -0.05) is 71.1 Å². The van der Waals surface area contributed by atoms with E-state index in [1.807, 2.05) is 0 Å². The predicted molar refractivity (Wildman–Crippen MR) is 127 cm³/mol. The van der Waals surface area contributed by atoms with Gasteiger partial charge in [0.2, 0.25) is 0 Å². The number of hydrogen-bond acceptors (Lipinski definition) is 2. The zero-order valence-electron chi connectivity index (χ0n) is 19.9. The topological polar surface area (TPSA) is 40.5 Å². The fourth-order valence-electron chi connectivity index (χ4n) is 6.32. The van der Waals surface area contributed by atoms with Crippen molar-refractivity contribution in [2.24, 2.45) is 35.0 Å². The second kappa shape index (κ2) is 9.57. The SMILES string of the molecule is C=C1C(=CC=C2CCC[C@]3(C)[C@@H]2CC[C@@H]3[C@H](C)/C=C/[C@H](C)C(C)C)C[C@@H](O)C[C@@H]1O. The Bertz CT molecular complexity index is 712. The van der Waals surface area contributed by atoms with Crippen molar-refractivity contribution < 1.29 is 10.2 Å². The summed E-state index contributed by atoms with van der Waals surface area (Å²) in [6.07, 6.45) is 15.8. The van der Waals surface area contributed by atoms with E-state index >= 15 is 0 Å². The Kier molecular flexibility index (Phi) is 7.51. The lowest BCUT2D eigenvalue weighted by Gasteiger charge is -2.44. The normalized spacial score (nSPS) is 39.8. The van der Waals surface area contributed by atoms with Crippen LogP contribution in [0.3, 0.4) is 0 Å². The molecule has 30 heavy (non-hydrogen) atoms. The molecule has 0 aromatic heterocycles. The minimum atomic E-state index is -0.605. The Morgan fingerprint density at radius 2 is 1.80 bits per heavy atom. The Morgan fingerprint density at radius 3 is 2.50 bits per heavy atom. The summed E-state index contributed by atoms with van der Waals surface area (Å²) in [4.78, 5) is 0. The molecule has 0 aliphatic heterocycles. The van der Waals surface area contributed by atoms with E-state index in [2.05, 4.69) is 65.5 Å². The molecule has 0 heterocycles. The molecule has 7 atom stereocenters. The van der Waals surface area contributed by atoms with Gasteiger partial charge >= 0.3 is 0 Å². The van der Waals surface area contributed by atoms with E-state index in [0.29, 0.717) is 41.9 Å². The van der Waals surface area contributed by atoms with E-state index < -0.39 is 12.2 Å². The quantitative estimate of drug-likeness (QED) is 0.499. The smallest absolute Gasteiger partial charge is 0.0811 e. The van der Waals surface area contributed by atoms with E-state index in [1.54, 1.807) is 5.57 Å². The third-order valence-electron chi connectivity index (χ3n) is 8.71. The van der Waals surface area contributed by atoms with Crippen LogP contribution in [0.25, 0.3) is 0 Å². The molecule has 168 valence electrons. The van der Waals surface area contributed by atoms with Crippen LogP contribution in [0.1, 0.15) is 79.6 Å². The molecule has 2 N–H and O–H groups in total. The first-order chi connectivity index (χ1) is 14.1. The van der Waals surface area contributed by atoms with Crippen molar-refractivity contribution in [2.75, 3.05) is 0 Å². The van der Waals surface area contributed by atoms with Gasteiger partial charge in [0, 0.05) is 6.42 Å². The summed E-state index contributed by atoms with van der Waals surface area (Å²) in [5, 5.41) is 20.2. The average molecular weight is 413 g/mol. The summed E-state index contributed by atoms with van der Waals surface area (Å²) in [7, 11) is 0. The monoisotopic (exact) mass is 412 g/mol. The molecule has 3 aliphatic carbocycles. The molecular weight excluding hydrogens is 368 g/mol. The second-order valence-electron chi connectivity index (χ2n) is 11.0. The maximum Gasteiger partial charge on any atom is 0.0811 e. The van der Waals surface area contributed by atoms with Crippen LogP contribution in [0, 0.1) is 35.0 Å². The Labute approximate surface area is 184 Å². The van der Waals surface area contributed by atoms with Gasteiger partial charge in [0.25, 0.3) is 0 Å². The summed E-state index contributed by atoms with van der Waals surface area (Å²) in [6.45, 7) is 16.0. The van der Waals surface area contributed by atoms with Crippen LogP contribution in [0.15, 0.2) is 47.6 Å². The number of rotatable bonds is 5. The van der Waals surface area contributed by atoms with Gasteiger partial charge < -0.3 is 10.2 Å². The predicted octanol–water partition coefficient (Wildman–Crippen LogP) is 6.61. The minimum absolute atomic E-state index is 0.385. The third kappa shape index (κ3) is 4.86. The van der Waals surface area contributed by atoms with Gasteiger partial charge in [0.05, 0.1) is 12.2 Å². The molecule has 0 unspecified atom stereocenters. The lowest BCUT2D eigenvalue weighted by molar-refractivity contribution is 0.0862. The number of fused-ring (bicyclic) bond motifs is 1. The molecule has 3 aliphatic rings. The molecule has 2 nitrogen and oxygen atoms in total. The Hall–Kier alpha value is -1.12. The summed E-state index contributed by atoms with van der Waals surface area (Å²) in [6, 6.07) is 0. The lowest BCUT2D eigenvalue weighted by atomic mass is 9.61. The first-order valence-corrected chi connectivity index (χ1v) is 12.3. The Balaban J connectivity index is 1.76. The highest BCUT2D eigenvalue weighted by molar-refractivity contribution is 5.38. The fraction of sp³-hybridized carbons (Fsp3) is 0.714. The average Bonchev–Trinajstić information content (AvgIpc) is 3.04. The molecule has 0 bridgehead atoms. The van der Waals surface area contributed by atoms with Crippen LogP contribution in [-0.2, 0) is 0 Å². The highest BCUT2D eigenvalue weighted by Gasteiger charge is 2.50. The molecule has 3 rings (SSSR count). The van der Waals surface area contributed by atoms with E-state index in [4.69, 9.17) is 0 Å². The van der Waals surface area contributed by atoms with Crippen LogP contribution in [0.5, 0.6) is 0 Å². The van der Waals surface area contributed by atoms with Crippen LogP contribution in [0.4, 0.5) is 0 Å². The van der Waals surface area contributed by atoms with Crippen LogP contribution in [0.2, 0.25) is 0 Å². The maximum absolute atomic E-state index is 10.1. The first kappa shape index (κ1) is 23.5. The number of allylic oxidation sites excluding steroid dienone is 5. The highest BCUT2D eigenvalue weighted by Crippen LogP contribution is 2.59. The van der Waals surface area contributed by atoms with Crippen molar-refractivity contribution in [3.05, 3.63) is 47.6 Å². The van der Waals surface area contributed by atoms with Crippen molar-refractivity contribution in [3.8, 4) is 0 Å². The molecular formula is C28H44O2. The number of hydrogen-bond donors (Lipinski definition) is 2. The van der Waals surface area contributed by atoms with Gasteiger partial charge in [-0.3, -0.25) is 0 Å². The van der Waals surface area contributed by atoms with Gasteiger partial charge in [-0.05, 0) is 84.7 Å².